The second-order valence-electron chi connectivity index (χ2n) is 8.24. The van der Waals surface area contributed by atoms with Crippen molar-refractivity contribution < 1.29 is 24.1 Å². The number of allylic oxidation sites excluding steroid dienone is 1. The van der Waals surface area contributed by atoms with Gasteiger partial charge in [0.15, 0.2) is 16.3 Å². The largest absolute Gasteiger partial charge is 0.507 e. The molecule has 0 fully saturated rings. The third-order valence-electron chi connectivity index (χ3n) is 5.73. The van der Waals surface area contributed by atoms with E-state index < -0.39 is 12.0 Å². The maximum absolute atomic E-state index is 13.8. The number of aromatic hydroxyl groups is 1. The van der Waals surface area contributed by atoms with E-state index in [1.165, 1.54) is 10.6 Å². The average molecular weight is 555 g/mol. The van der Waals surface area contributed by atoms with Gasteiger partial charge in [-0.1, -0.05) is 41.7 Å². The zero-order valence-corrected chi connectivity index (χ0v) is 22.8. The number of hydrogen-bond donors (Lipinski definition) is 1. The summed E-state index contributed by atoms with van der Waals surface area (Å²) < 4.78 is 18.7. The number of phenols is 1. The summed E-state index contributed by atoms with van der Waals surface area (Å²) in [6.07, 6.45) is 3.19. The maximum Gasteiger partial charge on any atom is 0.338 e. The number of halogens is 1. The lowest BCUT2D eigenvalue weighted by molar-refractivity contribution is -0.139. The molecule has 0 unspecified atom stereocenters. The van der Waals surface area contributed by atoms with Gasteiger partial charge in [0.1, 0.15) is 12.4 Å². The Bertz CT molecular complexity index is 1600. The molecule has 2 aromatic carbocycles. The summed E-state index contributed by atoms with van der Waals surface area (Å²) in [5.41, 5.74) is 1.32. The predicted molar refractivity (Wildman–Crippen MR) is 147 cm³/mol. The number of hydrogen-bond acceptors (Lipinski definition) is 8. The highest BCUT2D eigenvalue weighted by molar-refractivity contribution is 7.07. The lowest BCUT2D eigenvalue weighted by Crippen LogP contribution is -2.40. The van der Waals surface area contributed by atoms with Crippen LogP contribution >= 0.6 is 22.9 Å². The lowest BCUT2D eigenvalue weighted by Gasteiger charge is -2.25. The number of rotatable bonds is 9. The highest BCUT2D eigenvalue weighted by atomic mass is 35.5. The van der Waals surface area contributed by atoms with Crippen molar-refractivity contribution in [1.82, 2.24) is 4.57 Å². The van der Waals surface area contributed by atoms with Crippen LogP contribution in [0.5, 0.6) is 17.2 Å². The molecule has 1 aromatic heterocycles. The fourth-order valence-corrected chi connectivity index (χ4v) is 5.34. The first-order valence-electron chi connectivity index (χ1n) is 12.0. The Morgan fingerprint density at radius 3 is 2.68 bits per heavy atom. The van der Waals surface area contributed by atoms with E-state index in [0.717, 1.165) is 11.3 Å². The van der Waals surface area contributed by atoms with Crippen LogP contribution < -0.4 is 24.4 Å². The van der Waals surface area contributed by atoms with Gasteiger partial charge in [-0.15, -0.1) is 0 Å². The van der Waals surface area contributed by atoms with Crippen molar-refractivity contribution in [3.63, 3.8) is 0 Å². The third-order valence-corrected chi connectivity index (χ3v) is 6.95. The molecule has 0 amide bonds. The Kier molecular flexibility index (Phi) is 8.38. The van der Waals surface area contributed by atoms with Crippen molar-refractivity contribution in [2.24, 2.45) is 4.99 Å². The summed E-state index contributed by atoms with van der Waals surface area (Å²) in [6, 6.07) is 9.03. The summed E-state index contributed by atoms with van der Waals surface area (Å²) in [5.74, 6) is 0.399. The summed E-state index contributed by atoms with van der Waals surface area (Å²) in [7, 11) is 0. The number of carbonyl (C=O) groups is 1. The zero-order chi connectivity index (χ0) is 27.4. The maximum atomic E-state index is 13.8. The number of ether oxygens (including phenoxy) is 3. The number of fused-ring (bicyclic) bond motifs is 1. The van der Waals surface area contributed by atoms with Gasteiger partial charge in [0.05, 0.1) is 35.1 Å². The van der Waals surface area contributed by atoms with Crippen molar-refractivity contribution >= 4 is 35.0 Å². The molecule has 0 radical (unpaired) electrons. The number of phenolic OH excluding ortho intramolecular Hbond substituents is 1. The Labute approximate surface area is 228 Å². The van der Waals surface area contributed by atoms with Gasteiger partial charge in [0.25, 0.3) is 5.56 Å². The van der Waals surface area contributed by atoms with Crippen LogP contribution in [0.4, 0.5) is 0 Å². The molecule has 38 heavy (non-hydrogen) atoms. The molecule has 0 spiro atoms. The van der Waals surface area contributed by atoms with Gasteiger partial charge in [-0.3, -0.25) is 9.36 Å². The van der Waals surface area contributed by atoms with Crippen molar-refractivity contribution in [1.29, 1.82) is 0 Å². The van der Waals surface area contributed by atoms with E-state index in [9.17, 15) is 14.7 Å². The molecule has 0 saturated carbocycles. The molecular weight excluding hydrogens is 528 g/mol. The number of esters is 1. The van der Waals surface area contributed by atoms with Crippen LogP contribution in [0, 0.1) is 0 Å². The van der Waals surface area contributed by atoms with Crippen LogP contribution in [0.25, 0.3) is 6.08 Å². The van der Waals surface area contributed by atoms with E-state index in [1.807, 2.05) is 6.92 Å². The fourth-order valence-electron chi connectivity index (χ4n) is 4.12. The Hall–Kier alpha value is -3.82. The standard InChI is InChI=1S/C28H27ClN2O6S/c1-5-12-37-21-11-8-17(14-22(21)35-6-2)25-24(27(34)36-7-3)16(4)30-28-31(25)26(33)23(38-28)15-18-13-19(29)9-10-20(18)32/h5,8-11,13-15,25,32H,1,6-7,12H2,2-4H3/b23-15+/t25-/m0/s1. The Morgan fingerprint density at radius 1 is 1.18 bits per heavy atom. The van der Waals surface area contributed by atoms with Crippen LogP contribution in [0.15, 0.2) is 70.1 Å². The normalized spacial score (nSPS) is 15.1. The zero-order valence-electron chi connectivity index (χ0n) is 21.2. The molecule has 198 valence electrons. The van der Waals surface area contributed by atoms with Crippen LogP contribution in [-0.2, 0) is 9.53 Å². The molecule has 4 rings (SSSR count). The van der Waals surface area contributed by atoms with Crippen molar-refractivity contribution in [2.45, 2.75) is 26.8 Å². The summed E-state index contributed by atoms with van der Waals surface area (Å²) in [5, 5.41) is 10.7. The molecule has 0 bridgehead atoms. The van der Waals surface area contributed by atoms with E-state index in [4.69, 9.17) is 25.8 Å². The topological polar surface area (TPSA) is 99.4 Å². The number of benzene rings is 2. The smallest absolute Gasteiger partial charge is 0.338 e. The minimum Gasteiger partial charge on any atom is -0.507 e. The Morgan fingerprint density at radius 2 is 1.97 bits per heavy atom. The highest BCUT2D eigenvalue weighted by Gasteiger charge is 2.34. The molecule has 1 N–H and O–H groups in total. The average Bonchev–Trinajstić information content (AvgIpc) is 3.19. The quantitative estimate of drug-likeness (QED) is 0.315. The summed E-state index contributed by atoms with van der Waals surface area (Å²) >= 11 is 7.25. The molecule has 1 aliphatic rings. The van der Waals surface area contributed by atoms with E-state index >= 15 is 0 Å². The molecule has 0 saturated heterocycles. The minimum atomic E-state index is -0.826. The second-order valence-corrected chi connectivity index (χ2v) is 9.69. The van der Waals surface area contributed by atoms with E-state index in [-0.39, 0.29) is 23.5 Å². The summed E-state index contributed by atoms with van der Waals surface area (Å²) in [6.45, 7) is 9.81. The SMILES string of the molecule is C=CCOc1ccc([C@H]2C(C(=O)OCC)=C(C)N=c3s/c(=C/c4cc(Cl)ccc4O)c(=O)n32)cc1OCC. The lowest BCUT2D eigenvalue weighted by atomic mass is 9.95. The molecule has 2 heterocycles. The highest BCUT2D eigenvalue weighted by Crippen LogP contribution is 2.36. The molecular formula is C28H27ClN2O6S. The first-order chi connectivity index (χ1) is 18.3. The van der Waals surface area contributed by atoms with E-state index in [1.54, 1.807) is 56.3 Å². The fraction of sp³-hybridized carbons (Fsp3) is 0.250. The molecule has 1 aliphatic heterocycles. The van der Waals surface area contributed by atoms with Gasteiger partial charge in [0.2, 0.25) is 0 Å². The minimum absolute atomic E-state index is 0.0170. The number of thiazole rings is 1. The predicted octanol–water partition coefficient (Wildman–Crippen LogP) is 4.12. The third kappa shape index (κ3) is 5.39. The van der Waals surface area contributed by atoms with E-state index in [2.05, 4.69) is 11.6 Å². The number of carbonyl (C=O) groups excluding carboxylic acids is 1. The van der Waals surface area contributed by atoms with Crippen LogP contribution in [0.2, 0.25) is 5.02 Å². The monoisotopic (exact) mass is 554 g/mol. The van der Waals surface area contributed by atoms with Crippen molar-refractivity contribution in [2.75, 3.05) is 19.8 Å². The molecule has 3 aromatic rings. The molecule has 10 heteroatoms. The Balaban J connectivity index is 1.96. The molecule has 0 aliphatic carbocycles. The van der Waals surface area contributed by atoms with Gasteiger partial charge in [0, 0.05) is 10.6 Å². The number of aromatic nitrogens is 1. The van der Waals surface area contributed by atoms with Crippen LogP contribution in [0.1, 0.15) is 37.9 Å². The van der Waals surface area contributed by atoms with Gasteiger partial charge < -0.3 is 19.3 Å². The first-order valence-corrected chi connectivity index (χ1v) is 13.2. The second kappa shape index (κ2) is 11.7. The van der Waals surface area contributed by atoms with E-state index in [0.29, 0.717) is 55.9 Å². The van der Waals surface area contributed by atoms with Crippen LogP contribution in [0.3, 0.4) is 0 Å². The molecule has 1 atom stereocenters. The van der Waals surface area contributed by atoms with Crippen molar-refractivity contribution in [3.05, 3.63) is 96.2 Å². The van der Waals surface area contributed by atoms with Gasteiger partial charge in [-0.05, 0) is 62.7 Å². The van der Waals surface area contributed by atoms with Gasteiger partial charge in [-0.2, -0.15) is 0 Å². The molecule has 8 nitrogen and oxygen atoms in total. The van der Waals surface area contributed by atoms with Gasteiger partial charge in [-0.25, -0.2) is 9.79 Å². The van der Waals surface area contributed by atoms with Crippen molar-refractivity contribution in [3.8, 4) is 17.2 Å². The number of nitrogens with zero attached hydrogens (tertiary/aromatic N) is 2. The first kappa shape index (κ1) is 27.2. The summed E-state index contributed by atoms with van der Waals surface area (Å²) in [4.78, 5) is 31.9. The van der Waals surface area contributed by atoms with Gasteiger partial charge >= 0.3 is 5.97 Å². The van der Waals surface area contributed by atoms with Crippen LogP contribution in [-0.4, -0.2) is 35.5 Å².